The third-order valence-electron chi connectivity index (χ3n) is 1.57. The van der Waals surface area contributed by atoms with Gasteiger partial charge in [0.15, 0.2) is 18.9 Å². The van der Waals surface area contributed by atoms with Crippen molar-refractivity contribution in [2.45, 2.75) is 13.5 Å². The molecule has 11 heavy (non-hydrogen) atoms. The average molecular weight is 151 g/mol. The van der Waals surface area contributed by atoms with Gasteiger partial charge in [0.1, 0.15) is 0 Å². The van der Waals surface area contributed by atoms with E-state index in [0.717, 1.165) is 19.6 Å². The molecule has 0 aromatic carbocycles. The second kappa shape index (κ2) is 4.85. The number of rotatable bonds is 4. The van der Waals surface area contributed by atoms with Crippen molar-refractivity contribution in [3.8, 4) is 0 Å². The van der Waals surface area contributed by atoms with Crippen LogP contribution < -0.4 is 9.88 Å². The molecule has 0 aliphatic rings. The van der Waals surface area contributed by atoms with Crippen LogP contribution in [0.2, 0.25) is 0 Å². The normalized spacial score (nSPS) is 9.91. The van der Waals surface area contributed by atoms with E-state index in [-0.39, 0.29) is 0 Å². The van der Waals surface area contributed by atoms with Crippen LogP contribution in [0, 0.1) is 0 Å². The molecule has 0 aliphatic carbocycles. The SMILES string of the molecule is CCNCC[n+]1ccccc1. The highest BCUT2D eigenvalue weighted by atomic mass is 15.0. The van der Waals surface area contributed by atoms with Crippen LogP contribution >= 0.6 is 0 Å². The van der Waals surface area contributed by atoms with E-state index in [9.17, 15) is 0 Å². The molecule has 0 saturated carbocycles. The molecule has 2 heteroatoms. The zero-order valence-electron chi connectivity index (χ0n) is 6.96. The van der Waals surface area contributed by atoms with Gasteiger partial charge in [0.25, 0.3) is 0 Å². The van der Waals surface area contributed by atoms with Crippen LogP contribution in [0.5, 0.6) is 0 Å². The predicted octanol–water partition coefficient (Wildman–Crippen LogP) is 0.584. The minimum absolute atomic E-state index is 1.05. The second-order valence-electron chi connectivity index (χ2n) is 2.47. The van der Waals surface area contributed by atoms with Crippen molar-refractivity contribution < 1.29 is 4.57 Å². The molecule has 0 unspecified atom stereocenters. The summed E-state index contributed by atoms with van der Waals surface area (Å²) >= 11 is 0. The van der Waals surface area contributed by atoms with E-state index >= 15 is 0 Å². The van der Waals surface area contributed by atoms with E-state index < -0.39 is 0 Å². The minimum atomic E-state index is 1.05. The van der Waals surface area contributed by atoms with Crippen molar-refractivity contribution in [1.29, 1.82) is 0 Å². The largest absolute Gasteiger partial charge is 0.311 e. The minimum Gasteiger partial charge on any atom is -0.311 e. The summed E-state index contributed by atoms with van der Waals surface area (Å²) in [5, 5.41) is 3.28. The van der Waals surface area contributed by atoms with Crippen molar-refractivity contribution in [2.24, 2.45) is 0 Å². The van der Waals surface area contributed by atoms with Gasteiger partial charge in [0.05, 0.1) is 6.54 Å². The van der Waals surface area contributed by atoms with Crippen LogP contribution in [0.4, 0.5) is 0 Å². The monoisotopic (exact) mass is 151 g/mol. The number of nitrogens with zero attached hydrogens (tertiary/aromatic N) is 1. The first-order valence-electron chi connectivity index (χ1n) is 4.08. The standard InChI is InChI=1S/C9H15N2/c1-2-10-6-9-11-7-4-3-5-8-11/h3-5,7-8,10H,2,6,9H2,1H3/q+1. The number of nitrogens with one attached hydrogen (secondary N) is 1. The van der Waals surface area contributed by atoms with Crippen molar-refractivity contribution in [3.63, 3.8) is 0 Å². The Bertz CT molecular complexity index is 184. The van der Waals surface area contributed by atoms with Gasteiger partial charge in [-0.2, -0.15) is 0 Å². The van der Waals surface area contributed by atoms with Crippen molar-refractivity contribution >= 4 is 0 Å². The number of hydrogen-bond acceptors (Lipinski definition) is 1. The molecule has 0 bridgehead atoms. The summed E-state index contributed by atoms with van der Waals surface area (Å²) in [6, 6.07) is 6.13. The summed E-state index contributed by atoms with van der Waals surface area (Å²) in [6.45, 7) is 5.27. The molecular formula is C9H15N2+. The Labute approximate surface area is 67.9 Å². The molecule has 1 N–H and O–H groups in total. The van der Waals surface area contributed by atoms with E-state index in [1.54, 1.807) is 0 Å². The van der Waals surface area contributed by atoms with Gasteiger partial charge in [-0.25, -0.2) is 4.57 Å². The molecule has 0 spiro atoms. The third-order valence-corrected chi connectivity index (χ3v) is 1.57. The number of pyridine rings is 1. The summed E-state index contributed by atoms with van der Waals surface area (Å²) in [6.07, 6.45) is 4.16. The lowest BCUT2D eigenvalue weighted by Gasteiger charge is -1.96. The fraction of sp³-hybridized carbons (Fsp3) is 0.444. The maximum absolute atomic E-state index is 3.28. The summed E-state index contributed by atoms with van der Waals surface area (Å²) < 4.78 is 2.17. The van der Waals surface area contributed by atoms with E-state index in [2.05, 4.69) is 29.2 Å². The van der Waals surface area contributed by atoms with Gasteiger partial charge in [-0.3, -0.25) is 0 Å². The van der Waals surface area contributed by atoms with Crippen LogP contribution in [-0.4, -0.2) is 13.1 Å². The van der Waals surface area contributed by atoms with Gasteiger partial charge >= 0.3 is 0 Å². The van der Waals surface area contributed by atoms with Gasteiger partial charge in [-0.1, -0.05) is 13.0 Å². The Morgan fingerprint density at radius 1 is 1.18 bits per heavy atom. The molecule has 0 saturated heterocycles. The smallest absolute Gasteiger partial charge is 0.168 e. The highest BCUT2D eigenvalue weighted by Gasteiger charge is 1.94. The van der Waals surface area contributed by atoms with E-state index in [0.29, 0.717) is 0 Å². The first kappa shape index (κ1) is 8.21. The van der Waals surface area contributed by atoms with Crippen LogP contribution in [0.1, 0.15) is 6.92 Å². The van der Waals surface area contributed by atoms with Crippen molar-refractivity contribution in [2.75, 3.05) is 13.1 Å². The highest BCUT2D eigenvalue weighted by molar-refractivity contribution is 4.83. The van der Waals surface area contributed by atoms with E-state index in [1.807, 2.05) is 18.2 Å². The Kier molecular flexibility index (Phi) is 3.62. The Balaban J connectivity index is 2.28. The van der Waals surface area contributed by atoms with Crippen LogP contribution in [0.25, 0.3) is 0 Å². The number of hydrogen-bond donors (Lipinski definition) is 1. The van der Waals surface area contributed by atoms with Crippen molar-refractivity contribution in [1.82, 2.24) is 5.32 Å². The summed E-state index contributed by atoms with van der Waals surface area (Å²) in [5.41, 5.74) is 0. The van der Waals surface area contributed by atoms with E-state index in [1.165, 1.54) is 0 Å². The predicted molar refractivity (Wildman–Crippen MR) is 45.2 cm³/mol. The first-order valence-corrected chi connectivity index (χ1v) is 4.08. The molecule has 2 nitrogen and oxygen atoms in total. The quantitative estimate of drug-likeness (QED) is 0.492. The molecule has 0 fully saturated rings. The first-order chi connectivity index (χ1) is 5.43. The van der Waals surface area contributed by atoms with Crippen molar-refractivity contribution in [3.05, 3.63) is 30.6 Å². The topological polar surface area (TPSA) is 15.9 Å². The van der Waals surface area contributed by atoms with Crippen LogP contribution in [-0.2, 0) is 6.54 Å². The maximum atomic E-state index is 3.28. The van der Waals surface area contributed by atoms with E-state index in [4.69, 9.17) is 0 Å². The molecule has 0 amide bonds. The van der Waals surface area contributed by atoms with Crippen LogP contribution in [0.15, 0.2) is 30.6 Å². The summed E-state index contributed by atoms with van der Waals surface area (Å²) in [5.74, 6) is 0. The molecular weight excluding hydrogens is 136 g/mol. The average Bonchev–Trinajstić information content (AvgIpc) is 2.07. The molecule has 0 atom stereocenters. The number of likely N-dealkylation sites (N-methyl/N-ethyl adjacent to an activating group) is 1. The lowest BCUT2D eigenvalue weighted by Crippen LogP contribution is -2.38. The third kappa shape index (κ3) is 3.14. The highest BCUT2D eigenvalue weighted by Crippen LogP contribution is 1.75. The Morgan fingerprint density at radius 2 is 1.91 bits per heavy atom. The number of aromatic nitrogens is 1. The lowest BCUT2D eigenvalue weighted by molar-refractivity contribution is -0.695. The molecule has 0 radical (unpaired) electrons. The second-order valence-corrected chi connectivity index (χ2v) is 2.47. The summed E-state index contributed by atoms with van der Waals surface area (Å²) in [7, 11) is 0. The van der Waals surface area contributed by atoms with Gasteiger partial charge in [-0.15, -0.1) is 0 Å². The lowest BCUT2D eigenvalue weighted by atomic mass is 10.4. The molecule has 1 aromatic heterocycles. The fourth-order valence-corrected chi connectivity index (χ4v) is 0.968. The molecule has 1 rings (SSSR count). The van der Waals surface area contributed by atoms with Gasteiger partial charge in [-0.05, 0) is 6.54 Å². The zero-order valence-corrected chi connectivity index (χ0v) is 6.96. The van der Waals surface area contributed by atoms with Gasteiger partial charge in [0.2, 0.25) is 0 Å². The van der Waals surface area contributed by atoms with Gasteiger partial charge in [0, 0.05) is 12.1 Å². The Hall–Kier alpha value is -0.890. The fourth-order valence-electron chi connectivity index (χ4n) is 0.968. The van der Waals surface area contributed by atoms with Gasteiger partial charge < -0.3 is 5.32 Å². The molecule has 1 aromatic rings. The molecule has 60 valence electrons. The maximum Gasteiger partial charge on any atom is 0.168 e. The van der Waals surface area contributed by atoms with Crippen LogP contribution in [0.3, 0.4) is 0 Å². The molecule has 0 aliphatic heterocycles. The Morgan fingerprint density at radius 3 is 2.55 bits per heavy atom. The molecule has 1 heterocycles. The summed E-state index contributed by atoms with van der Waals surface area (Å²) in [4.78, 5) is 0. The zero-order chi connectivity index (χ0) is 7.94.